The third-order valence-corrected chi connectivity index (χ3v) is 2.35. The Morgan fingerprint density at radius 2 is 2.07 bits per heavy atom. The van der Waals surface area contributed by atoms with Crippen molar-refractivity contribution in [3.63, 3.8) is 0 Å². The summed E-state index contributed by atoms with van der Waals surface area (Å²) in [5.41, 5.74) is 0.922. The summed E-state index contributed by atoms with van der Waals surface area (Å²) in [7, 11) is 0. The second-order valence-corrected chi connectivity index (χ2v) is 3.59. The van der Waals surface area contributed by atoms with Crippen molar-refractivity contribution in [3.05, 3.63) is 34.9 Å². The highest BCUT2D eigenvalue weighted by Crippen LogP contribution is 2.27. The van der Waals surface area contributed by atoms with Crippen LogP contribution in [0.4, 0.5) is 0 Å². The van der Waals surface area contributed by atoms with Crippen LogP contribution in [0.5, 0.6) is 0 Å². The first-order chi connectivity index (χ1) is 6.79. The van der Waals surface area contributed by atoms with Crippen LogP contribution in [-0.2, 0) is 9.47 Å². The summed E-state index contributed by atoms with van der Waals surface area (Å²) in [6.45, 7) is 0.424. The van der Waals surface area contributed by atoms with Crippen LogP contribution in [-0.4, -0.2) is 24.4 Å². The molecule has 14 heavy (non-hydrogen) atoms. The molecule has 1 heterocycles. The molecule has 0 aliphatic carbocycles. The van der Waals surface area contributed by atoms with E-state index >= 15 is 0 Å². The van der Waals surface area contributed by atoms with Gasteiger partial charge in [0.1, 0.15) is 6.10 Å². The zero-order valence-electron chi connectivity index (χ0n) is 7.52. The molecule has 3 nitrogen and oxygen atoms in total. The second-order valence-electron chi connectivity index (χ2n) is 3.16. The van der Waals surface area contributed by atoms with Gasteiger partial charge in [0.25, 0.3) is 0 Å². The summed E-state index contributed by atoms with van der Waals surface area (Å²) in [5, 5.41) is 9.53. The Balaban J connectivity index is 2.06. The summed E-state index contributed by atoms with van der Waals surface area (Å²) >= 11 is 5.75. The molecule has 0 radical (unpaired) electrons. The average Bonchev–Trinajstić information content (AvgIpc) is 2.67. The molecule has 1 fully saturated rings. The summed E-state index contributed by atoms with van der Waals surface area (Å²) in [4.78, 5) is 0. The third-order valence-electron chi connectivity index (χ3n) is 2.10. The predicted octanol–water partition coefficient (Wildman–Crippen LogP) is 1.75. The third kappa shape index (κ3) is 2.07. The van der Waals surface area contributed by atoms with Crippen LogP contribution in [0.25, 0.3) is 0 Å². The molecular formula is C10H11ClO3. The molecule has 0 bridgehead atoms. The Kier molecular flexibility index (Phi) is 3.03. The quantitative estimate of drug-likeness (QED) is 0.815. The topological polar surface area (TPSA) is 38.7 Å². The van der Waals surface area contributed by atoms with Crippen LogP contribution >= 0.6 is 11.6 Å². The van der Waals surface area contributed by atoms with Crippen molar-refractivity contribution in [1.82, 2.24) is 0 Å². The van der Waals surface area contributed by atoms with Crippen molar-refractivity contribution < 1.29 is 14.6 Å². The normalized spacial score (nSPS) is 26.7. The van der Waals surface area contributed by atoms with E-state index in [1.54, 1.807) is 12.1 Å². The van der Waals surface area contributed by atoms with Gasteiger partial charge in [-0.25, -0.2) is 0 Å². The van der Waals surface area contributed by atoms with E-state index in [2.05, 4.69) is 0 Å². The number of rotatable bonds is 2. The smallest absolute Gasteiger partial charge is 0.184 e. The second kappa shape index (κ2) is 4.28. The molecule has 76 valence electrons. The van der Waals surface area contributed by atoms with E-state index in [4.69, 9.17) is 26.2 Å². The summed E-state index contributed by atoms with van der Waals surface area (Å²) in [6.07, 6.45) is -0.583. The average molecular weight is 215 g/mol. The van der Waals surface area contributed by atoms with Crippen molar-refractivity contribution >= 4 is 11.6 Å². The Morgan fingerprint density at radius 1 is 1.36 bits per heavy atom. The maximum atomic E-state index is 8.85. The van der Waals surface area contributed by atoms with E-state index < -0.39 is 0 Å². The van der Waals surface area contributed by atoms with Crippen molar-refractivity contribution in [2.24, 2.45) is 0 Å². The molecule has 0 saturated carbocycles. The molecule has 0 aromatic heterocycles. The molecule has 2 unspecified atom stereocenters. The van der Waals surface area contributed by atoms with Crippen molar-refractivity contribution in [2.75, 3.05) is 13.2 Å². The van der Waals surface area contributed by atoms with Crippen LogP contribution in [0, 0.1) is 0 Å². The minimum atomic E-state index is -0.371. The lowest BCUT2D eigenvalue weighted by Crippen LogP contribution is -2.14. The molecule has 1 N–H and O–H groups in total. The lowest BCUT2D eigenvalue weighted by molar-refractivity contribution is -0.0675. The minimum absolute atomic E-state index is 0.00983. The van der Waals surface area contributed by atoms with E-state index in [0.717, 1.165) is 5.56 Å². The molecule has 0 spiro atoms. The maximum Gasteiger partial charge on any atom is 0.184 e. The highest BCUT2D eigenvalue weighted by Gasteiger charge is 2.26. The van der Waals surface area contributed by atoms with E-state index in [-0.39, 0.29) is 19.0 Å². The fourth-order valence-corrected chi connectivity index (χ4v) is 1.46. The van der Waals surface area contributed by atoms with E-state index in [1.807, 2.05) is 12.1 Å². The first-order valence-electron chi connectivity index (χ1n) is 4.43. The molecule has 2 atom stereocenters. The van der Waals surface area contributed by atoms with Gasteiger partial charge in [0.2, 0.25) is 0 Å². The molecule has 1 saturated heterocycles. The molecule has 0 amide bonds. The summed E-state index contributed by atoms with van der Waals surface area (Å²) in [5.74, 6) is 0. The Morgan fingerprint density at radius 3 is 2.64 bits per heavy atom. The highest BCUT2D eigenvalue weighted by molar-refractivity contribution is 6.30. The number of hydrogen-bond acceptors (Lipinski definition) is 3. The fraction of sp³-hybridized carbons (Fsp3) is 0.400. The SMILES string of the molecule is OCC1COC(c2ccc(Cl)cc2)O1. The van der Waals surface area contributed by atoms with E-state index in [0.29, 0.717) is 11.6 Å². The molecule has 1 aliphatic rings. The highest BCUT2D eigenvalue weighted by atomic mass is 35.5. The largest absolute Gasteiger partial charge is 0.394 e. The minimum Gasteiger partial charge on any atom is -0.394 e. The van der Waals surface area contributed by atoms with Gasteiger partial charge in [-0.2, -0.15) is 0 Å². The molecule has 2 rings (SSSR count). The summed E-state index contributed by atoms with van der Waals surface area (Å²) < 4.78 is 10.8. The van der Waals surface area contributed by atoms with Crippen LogP contribution in [0.2, 0.25) is 5.02 Å². The summed E-state index contributed by atoms with van der Waals surface area (Å²) in [6, 6.07) is 7.28. The van der Waals surface area contributed by atoms with Gasteiger partial charge in [0.15, 0.2) is 6.29 Å². The van der Waals surface area contributed by atoms with Gasteiger partial charge in [-0.3, -0.25) is 0 Å². The monoisotopic (exact) mass is 214 g/mol. The van der Waals surface area contributed by atoms with Gasteiger partial charge >= 0.3 is 0 Å². The molecule has 4 heteroatoms. The predicted molar refractivity (Wildman–Crippen MR) is 52.1 cm³/mol. The number of aliphatic hydroxyl groups is 1. The zero-order valence-corrected chi connectivity index (χ0v) is 8.28. The van der Waals surface area contributed by atoms with Crippen LogP contribution in [0.15, 0.2) is 24.3 Å². The number of hydrogen-bond donors (Lipinski definition) is 1. The van der Waals surface area contributed by atoms with Gasteiger partial charge in [0.05, 0.1) is 13.2 Å². The van der Waals surface area contributed by atoms with E-state index in [9.17, 15) is 0 Å². The van der Waals surface area contributed by atoms with Gasteiger partial charge < -0.3 is 14.6 Å². The van der Waals surface area contributed by atoms with Crippen molar-refractivity contribution in [2.45, 2.75) is 12.4 Å². The van der Waals surface area contributed by atoms with Gasteiger partial charge in [0, 0.05) is 10.6 Å². The standard InChI is InChI=1S/C10H11ClO3/c11-8-3-1-7(2-4-8)10-13-6-9(5-12)14-10/h1-4,9-10,12H,5-6H2. The number of halogens is 1. The Labute approximate surface area is 87.2 Å². The fourth-order valence-electron chi connectivity index (χ4n) is 1.34. The number of benzene rings is 1. The Hall–Kier alpha value is -0.610. The molecular weight excluding hydrogens is 204 g/mol. The first-order valence-corrected chi connectivity index (χ1v) is 4.81. The van der Waals surface area contributed by atoms with E-state index in [1.165, 1.54) is 0 Å². The van der Waals surface area contributed by atoms with Gasteiger partial charge in [-0.1, -0.05) is 23.7 Å². The van der Waals surface area contributed by atoms with Gasteiger partial charge in [-0.15, -0.1) is 0 Å². The molecule has 1 aromatic carbocycles. The molecule has 1 aliphatic heterocycles. The Bertz CT molecular complexity index is 299. The van der Waals surface area contributed by atoms with Crippen molar-refractivity contribution in [3.8, 4) is 0 Å². The number of aliphatic hydroxyl groups excluding tert-OH is 1. The maximum absolute atomic E-state index is 8.85. The molecule has 1 aromatic rings. The number of ether oxygens (including phenoxy) is 2. The van der Waals surface area contributed by atoms with Gasteiger partial charge in [-0.05, 0) is 12.1 Å². The lowest BCUT2D eigenvalue weighted by atomic mass is 10.2. The van der Waals surface area contributed by atoms with Crippen molar-refractivity contribution in [1.29, 1.82) is 0 Å². The zero-order chi connectivity index (χ0) is 9.97. The lowest BCUT2D eigenvalue weighted by Gasteiger charge is -2.10. The van der Waals surface area contributed by atoms with Crippen LogP contribution in [0.1, 0.15) is 11.9 Å². The van der Waals surface area contributed by atoms with Crippen LogP contribution < -0.4 is 0 Å². The first kappa shape index (κ1) is 9.93. The van der Waals surface area contributed by atoms with Crippen LogP contribution in [0.3, 0.4) is 0 Å².